The van der Waals surface area contributed by atoms with Gasteiger partial charge in [-0.15, -0.1) is 0 Å². The first-order valence-corrected chi connectivity index (χ1v) is 7.62. The summed E-state index contributed by atoms with van der Waals surface area (Å²) in [6, 6.07) is 16.1. The second-order valence-electron chi connectivity index (χ2n) is 4.87. The van der Waals surface area contributed by atoms with E-state index in [4.69, 9.17) is 4.98 Å². The van der Waals surface area contributed by atoms with Crippen LogP contribution in [0.1, 0.15) is 0 Å². The first kappa shape index (κ1) is 13.2. The molecule has 0 fully saturated rings. The molecule has 0 amide bonds. The molecule has 2 heterocycles. The number of para-hydroxylation sites is 2. The number of anilines is 2. The molecule has 2 aromatic carbocycles. The minimum atomic E-state index is 0.560. The van der Waals surface area contributed by atoms with Gasteiger partial charge in [-0.2, -0.15) is 0 Å². The smallest absolute Gasteiger partial charge is 0.227 e. The fraction of sp³-hybridized carbons (Fsp3) is 0. The van der Waals surface area contributed by atoms with Gasteiger partial charge in [-0.05, 0) is 28.1 Å². The lowest BCUT2D eigenvalue weighted by molar-refractivity contribution is 1.15. The molecule has 5 heteroatoms. The van der Waals surface area contributed by atoms with Crippen molar-refractivity contribution < 1.29 is 0 Å². The van der Waals surface area contributed by atoms with Gasteiger partial charge in [0.05, 0.1) is 21.2 Å². The van der Waals surface area contributed by atoms with Gasteiger partial charge in [0.1, 0.15) is 0 Å². The van der Waals surface area contributed by atoms with Gasteiger partial charge in [0.15, 0.2) is 0 Å². The van der Waals surface area contributed by atoms with Gasteiger partial charge in [-0.1, -0.05) is 36.4 Å². The summed E-state index contributed by atoms with van der Waals surface area (Å²) in [6.07, 6.45) is 3.45. The lowest BCUT2D eigenvalue weighted by atomic mass is 10.1. The molecule has 0 saturated carbocycles. The minimum Gasteiger partial charge on any atom is -0.323 e. The maximum Gasteiger partial charge on any atom is 0.227 e. The van der Waals surface area contributed by atoms with Crippen LogP contribution in [0.4, 0.5) is 11.6 Å². The Morgan fingerprint density at radius 2 is 1.32 bits per heavy atom. The number of pyridine rings is 1. The third-order valence-corrected chi connectivity index (χ3v) is 3.85. The molecule has 0 unspecified atom stereocenters. The molecule has 4 rings (SSSR count). The van der Waals surface area contributed by atoms with Crippen molar-refractivity contribution >= 4 is 49.4 Å². The average molecular weight is 351 g/mol. The van der Waals surface area contributed by atoms with Crippen molar-refractivity contribution in [1.29, 1.82) is 0 Å². The Hall–Kier alpha value is -2.53. The zero-order valence-corrected chi connectivity index (χ0v) is 13.1. The van der Waals surface area contributed by atoms with E-state index in [0.717, 1.165) is 32.0 Å². The Morgan fingerprint density at radius 3 is 1.91 bits per heavy atom. The van der Waals surface area contributed by atoms with Gasteiger partial charge in [-0.3, -0.25) is 0 Å². The summed E-state index contributed by atoms with van der Waals surface area (Å²) in [6.45, 7) is 0. The molecule has 0 aliphatic heterocycles. The Bertz CT molecular complexity index is 913. The third-order valence-electron chi connectivity index (χ3n) is 3.44. The van der Waals surface area contributed by atoms with Crippen LogP contribution in [0.15, 0.2) is 65.4 Å². The van der Waals surface area contributed by atoms with Gasteiger partial charge >= 0.3 is 0 Å². The van der Waals surface area contributed by atoms with E-state index in [1.807, 2.05) is 36.4 Å². The van der Waals surface area contributed by atoms with Crippen LogP contribution in [0, 0.1) is 0 Å². The fourth-order valence-corrected chi connectivity index (χ4v) is 2.67. The number of benzene rings is 2. The van der Waals surface area contributed by atoms with E-state index < -0.39 is 0 Å². The number of aromatic nitrogens is 3. The maximum atomic E-state index is 4.71. The monoisotopic (exact) mass is 350 g/mol. The number of rotatable bonds is 2. The zero-order chi connectivity index (χ0) is 14.9. The maximum absolute atomic E-state index is 4.71. The Morgan fingerprint density at radius 1 is 0.773 bits per heavy atom. The molecule has 0 aliphatic rings. The van der Waals surface area contributed by atoms with Gasteiger partial charge in [0.2, 0.25) is 5.95 Å². The van der Waals surface area contributed by atoms with E-state index in [1.54, 1.807) is 12.4 Å². The quantitative estimate of drug-likeness (QED) is 0.533. The van der Waals surface area contributed by atoms with Gasteiger partial charge < -0.3 is 5.32 Å². The summed E-state index contributed by atoms with van der Waals surface area (Å²) in [5, 5.41) is 5.43. The lowest BCUT2D eigenvalue weighted by Gasteiger charge is -2.11. The molecule has 1 N–H and O–H groups in total. The van der Waals surface area contributed by atoms with Crippen LogP contribution in [0.25, 0.3) is 21.8 Å². The van der Waals surface area contributed by atoms with E-state index in [2.05, 4.69) is 43.3 Å². The van der Waals surface area contributed by atoms with Crippen LogP contribution < -0.4 is 5.32 Å². The van der Waals surface area contributed by atoms with Crippen LogP contribution in [0.2, 0.25) is 0 Å². The minimum absolute atomic E-state index is 0.560. The Labute approximate surface area is 135 Å². The SMILES string of the molecule is Brc1cnc(Nc2c3ccccc3nc3ccccc23)nc1. The molecule has 22 heavy (non-hydrogen) atoms. The summed E-state index contributed by atoms with van der Waals surface area (Å²) in [4.78, 5) is 13.3. The lowest BCUT2D eigenvalue weighted by Crippen LogP contribution is -1.99. The summed E-state index contributed by atoms with van der Waals surface area (Å²) in [5.74, 6) is 0.560. The topological polar surface area (TPSA) is 50.7 Å². The predicted octanol–water partition coefficient (Wildman–Crippen LogP) is 4.68. The normalized spacial score (nSPS) is 11.0. The molecule has 0 spiro atoms. The highest BCUT2D eigenvalue weighted by atomic mass is 79.9. The molecule has 4 nitrogen and oxygen atoms in total. The van der Waals surface area contributed by atoms with Crippen LogP contribution in [-0.4, -0.2) is 15.0 Å². The Balaban J connectivity index is 1.97. The summed E-state index contributed by atoms with van der Waals surface area (Å²) >= 11 is 3.35. The van der Waals surface area contributed by atoms with E-state index in [1.165, 1.54) is 0 Å². The second kappa shape index (κ2) is 5.35. The van der Waals surface area contributed by atoms with Gasteiger partial charge in [0, 0.05) is 23.2 Å². The van der Waals surface area contributed by atoms with Crippen molar-refractivity contribution in [3.8, 4) is 0 Å². The highest BCUT2D eigenvalue weighted by molar-refractivity contribution is 9.10. The first-order valence-electron chi connectivity index (χ1n) is 6.83. The number of hydrogen-bond donors (Lipinski definition) is 1. The molecule has 106 valence electrons. The largest absolute Gasteiger partial charge is 0.323 e. The second-order valence-corrected chi connectivity index (χ2v) is 5.79. The average Bonchev–Trinajstić information content (AvgIpc) is 2.56. The summed E-state index contributed by atoms with van der Waals surface area (Å²) in [5.41, 5.74) is 2.87. The Kier molecular flexibility index (Phi) is 3.20. The van der Waals surface area contributed by atoms with Crippen molar-refractivity contribution in [3.05, 3.63) is 65.4 Å². The van der Waals surface area contributed by atoms with Crippen LogP contribution in [0.5, 0.6) is 0 Å². The summed E-state index contributed by atoms with van der Waals surface area (Å²) in [7, 11) is 0. The van der Waals surface area contributed by atoms with Crippen LogP contribution in [-0.2, 0) is 0 Å². The van der Waals surface area contributed by atoms with E-state index in [-0.39, 0.29) is 0 Å². The molecule has 0 saturated heterocycles. The number of fused-ring (bicyclic) bond motifs is 2. The van der Waals surface area contributed by atoms with E-state index in [0.29, 0.717) is 5.95 Å². The molecule has 2 aromatic heterocycles. The molecule has 0 aliphatic carbocycles. The van der Waals surface area contributed by atoms with Crippen LogP contribution in [0.3, 0.4) is 0 Å². The van der Waals surface area contributed by atoms with Crippen molar-refractivity contribution in [1.82, 2.24) is 15.0 Å². The molecule has 0 radical (unpaired) electrons. The molecule has 0 atom stereocenters. The van der Waals surface area contributed by atoms with Crippen molar-refractivity contribution in [2.45, 2.75) is 0 Å². The molecular formula is C17H11BrN4. The van der Waals surface area contributed by atoms with Crippen molar-refractivity contribution in [3.63, 3.8) is 0 Å². The first-order chi connectivity index (χ1) is 10.8. The highest BCUT2D eigenvalue weighted by Gasteiger charge is 2.09. The third kappa shape index (κ3) is 2.29. The standard InChI is InChI=1S/C17H11BrN4/c18-11-9-19-17(20-10-11)22-16-12-5-1-3-7-14(12)21-15-8-4-2-6-13(15)16/h1-10H,(H,19,20,21,22). The number of hydrogen-bond acceptors (Lipinski definition) is 4. The number of nitrogens with one attached hydrogen (secondary N) is 1. The van der Waals surface area contributed by atoms with Crippen molar-refractivity contribution in [2.24, 2.45) is 0 Å². The molecular weight excluding hydrogens is 340 g/mol. The van der Waals surface area contributed by atoms with Crippen LogP contribution >= 0.6 is 15.9 Å². The summed E-state index contributed by atoms with van der Waals surface area (Å²) < 4.78 is 0.850. The highest BCUT2D eigenvalue weighted by Crippen LogP contribution is 2.32. The molecule has 0 bridgehead atoms. The van der Waals surface area contributed by atoms with E-state index >= 15 is 0 Å². The zero-order valence-electron chi connectivity index (χ0n) is 11.5. The van der Waals surface area contributed by atoms with Crippen molar-refractivity contribution in [2.75, 3.05) is 5.32 Å². The number of nitrogens with zero attached hydrogens (tertiary/aromatic N) is 3. The van der Waals surface area contributed by atoms with E-state index in [9.17, 15) is 0 Å². The fourth-order valence-electron chi connectivity index (χ4n) is 2.46. The number of halogens is 1. The van der Waals surface area contributed by atoms with Gasteiger partial charge in [0.25, 0.3) is 0 Å². The van der Waals surface area contributed by atoms with Gasteiger partial charge in [-0.25, -0.2) is 15.0 Å². The molecule has 4 aromatic rings. The predicted molar refractivity (Wildman–Crippen MR) is 92.3 cm³/mol.